The second kappa shape index (κ2) is 6.68. The number of likely N-dealkylation sites (tertiary alicyclic amines) is 1. The molecule has 1 aliphatic rings. The van der Waals surface area contributed by atoms with Crippen molar-refractivity contribution in [2.45, 2.75) is 31.8 Å². The summed E-state index contributed by atoms with van der Waals surface area (Å²) in [7, 11) is 0. The highest BCUT2D eigenvalue weighted by atomic mass is 16.2. The van der Waals surface area contributed by atoms with Crippen molar-refractivity contribution in [1.82, 2.24) is 10.2 Å². The van der Waals surface area contributed by atoms with Gasteiger partial charge in [0.25, 0.3) is 0 Å². The van der Waals surface area contributed by atoms with Crippen molar-refractivity contribution in [2.24, 2.45) is 5.73 Å². The van der Waals surface area contributed by atoms with Crippen molar-refractivity contribution >= 4 is 5.91 Å². The maximum Gasteiger partial charge on any atom is 0.234 e. The lowest BCUT2D eigenvalue weighted by Gasteiger charge is -2.29. The zero-order valence-corrected chi connectivity index (χ0v) is 11.5. The number of hydrogen-bond donors (Lipinski definition) is 2. The van der Waals surface area contributed by atoms with Gasteiger partial charge in [-0.05, 0) is 25.3 Å². The summed E-state index contributed by atoms with van der Waals surface area (Å²) in [6, 6.07) is 10.4. The molecule has 104 valence electrons. The van der Waals surface area contributed by atoms with Gasteiger partial charge in [0.15, 0.2) is 0 Å². The monoisotopic (exact) mass is 261 g/mol. The van der Waals surface area contributed by atoms with Crippen molar-refractivity contribution < 1.29 is 4.79 Å². The fourth-order valence-electron chi connectivity index (χ4n) is 2.43. The first kappa shape index (κ1) is 14.0. The van der Waals surface area contributed by atoms with Crippen molar-refractivity contribution in [3.63, 3.8) is 0 Å². The third-order valence-electron chi connectivity index (χ3n) is 3.68. The Morgan fingerprint density at radius 2 is 2.00 bits per heavy atom. The van der Waals surface area contributed by atoms with Crippen molar-refractivity contribution in [2.75, 3.05) is 19.6 Å². The largest absolute Gasteiger partial charge is 0.348 e. The van der Waals surface area contributed by atoms with Gasteiger partial charge in [-0.15, -0.1) is 0 Å². The predicted octanol–water partition coefficient (Wildman–Crippen LogP) is 1.29. The van der Waals surface area contributed by atoms with E-state index in [4.69, 9.17) is 5.73 Å². The van der Waals surface area contributed by atoms with E-state index in [1.807, 2.05) is 37.3 Å². The molecule has 1 saturated heterocycles. The molecule has 0 aromatic heterocycles. The minimum atomic E-state index is 0.0562. The minimum Gasteiger partial charge on any atom is -0.348 e. The molecule has 19 heavy (non-hydrogen) atoms. The Kier molecular flexibility index (Phi) is 4.93. The van der Waals surface area contributed by atoms with Crippen LogP contribution in [0.15, 0.2) is 30.3 Å². The van der Waals surface area contributed by atoms with Crippen LogP contribution in [0.4, 0.5) is 0 Å². The van der Waals surface area contributed by atoms with Crippen LogP contribution in [0.3, 0.4) is 0 Å². The van der Waals surface area contributed by atoms with Crippen LogP contribution >= 0.6 is 0 Å². The standard InChI is InChI=1S/C15H23N3O/c1-12(13-5-3-2-4-6-13)17-15(19)11-18-9-7-14(16)8-10-18/h2-6,12,14H,7-11,16H2,1H3,(H,17,19)/t12-/m1/s1. The third-order valence-corrected chi connectivity index (χ3v) is 3.68. The number of hydrogen-bond acceptors (Lipinski definition) is 3. The summed E-state index contributed by atoms with van der Waals surface area (Å²) in [6.07, 6.45) is 1.98. The van der Waals surface area contributed by atoms with E-state index < -0.39 is 0 Å². The van der Waals surface area contributed by atoms with Crippen LogP contribution in [-0.2, 0) is 4.79 Å². The molecular formula is C15H23N3O. The molecule has 1 aromatic carbocycles. The summed E-state index contributed by atoms with van der Waals surface area (Å²) >= 11 is 0. The second-order valence-electron chi connectivity index (χ2n) is 5.31. The number of piperidine rings is 1. The number of amides is 1. The molecule has 1 atom stereocenters. The first-order valence-corrected chi connectivity index (χ1v) is 6.97. The van der Waals surface area contributed by atoms with Gasteiger partial charge in [-0.1, -0.05) is 30.3 Å². The van der Waals surface area contributed by atoms with Gasteiger partial charge in [-0.2, -0.15) is 0 Å². The fourth-order valence-corrected chi connectivity index (χ4v) is 2.43. The van der Waals surface area contributed by atoms with Crippen molar-refractivity contribution in [1.29, 1.82) is 0 Å². The van der Waals surface area contributed by atoms with Gasteiger partial charge in [-0.3, -0.25) is 9.69 Å². The summed E-state index contributed by atoms with van der Waals surface area (Å²) in [4.78, 5) is 14.2. The zero-order chi connectivity index (χ0) is 13.7. The number of rotatable bonds is 4. The summed E-state index contributed by atoms with van der Waals surface area (Å²) in [5.74, 6) is 0.0897. The number of nitrogens with two attached hydrogens (primary N) is 1. The van der Waals surface area contributed by atoms with Crippen LogP contribution in [0.2, 0.25) is 0 Å². The van der Waals surface area contributed by atoms with Gasteiger partial charge in [0.05, 0.1) is 12.6 Å². The molecule has 4 heteroatoms. The molecule has 0 saturated carbocycles. The molecule has 0 spiro atoms. The molecule has 0 aliphatic carbocycles. The third kappa shape index (κ3) is 4.33. The topological polar surface area (TPSA) is 58.4 Å². The minimum absolute atomic E-state index is 0.0562. The lowest BCUT2D eigenvalue weighted by Crippen LogP contribution is -2.44. The molecular weight excluding hydrogens is 238 g/mol. The summed E-state index contributed by atoms with van der Waals surface area (Å²) in [5, 5.41) is 3.04. The van der Waals surface area contributed by atoms with Crippen LogP contribution in [0.1, 0.15) is 31.4 Å². The van der Waals surface area contributed by atoms with Crippen LogP contribution in [-0.4, -0.2) is 36.5 Å². The quantitative estimate of drug-likeness (QED) is 0.858. The molecule has 0 radical (unpaired) electrons. The first-order valence-electron chi connectivity index (χ1n) is 6.97. The summed E-state index contributed by atoms with van der Waals surface area (Å²) in [6.45, 7) is 4.34. The molecule has 1 aromatic rings. The number of nitrogens with zero attached hydrogens (tertiary/aromatic N) is 1. The van der Waals surface area contributed by atoms with Crippen molar-refractivity contribution in [3.05, 3.63) is 35.9 Å². The molecule has 2 rings (SSSR count). The number of nitrogens with one attached hydrogen (secondary N) is 1. The van der Waals surface area contributed by atoms with E-state index >= 15 is 0 Å². The van der Waals surface area contributed by atoms with Crippen LogP contribution in [0.25, 0.3) is 0 Å². The zero-order valence-electron chi connectivity index (χ0n) is 11.5. The Bertz CT molecular complexity index is 399. The number of carbonyl (C=O) groups is 1. The van der Waals surface area contributed by atoms with Crippen LogP contribution in [0.5, 0.6) is 0 Å². The Hall–Kier alpha value is -1.39. The van der Waals surface area contributed by atoms with E-state index in [0.29, 0.717) is 12.6 Å². The summed E-state index contributed by atoms with van der Waals surface area (Å²) < 4.78 is 0. The second-order valence-corrected chi connectivity index (χ2v) is 5.31. The van der Waals surface area contributed by atoms with E-state index in [0.717, 1.165) is 31.5 Å². The van der Waals surface area contributed by atoms with Gasteiger partial charge in [0.1, 0.15) is 0 Å². The normalized spacial score (nSPS) is 19.1. The highest BCUT2D eigenvalue weighted by Gasteiger charge is 2.19. The van der Waals surface area contributed by atoms with E-state index in [1.54, 1.807) is 0 Å². The Balaban J connectivity index is 1.78. The van der Waals surface area contributed by atoms with E-state index in [-0.39, 0.29) is 11.9 Å². The average molecular weight is 261 g/mol. The van der Waals surface area contributed by atoms with Gasteiger partial charge in [0, 0.05) is 19.1 Å². The number of benzene rings is 1. The van der Waals surface area contributed by atoms with Gasteiger partial charge in [-0.25, -0.2) is 0 Å². The van der Waals surface area contributed by atoms with Gasteiger partial charge in [0.2, 0.25) is 5.91 Å². The fraction of sp³-hybridized carbons (Fsp3) is 0.533. The molecule has 0 unspecified atom stereocenters. The molecule has 4 nitrogen and oxygen atoms in total. The highest BCUT2D eigenvalue weighted by Crippen LogP contribution is 2.12. The van der Waals surface area contributed by atoms with Gasteiger partial charge >= 0.3 is 0 Å². The van der Waals surface area contributed by atoms with Gasteiger partial charge < -0.3 is 11.1 Å². The lowest BCUT2D eigenvalue weighted by atomic mass is 10.1. The number of carbonyl (C=O) groups excluding carboxylic acids is 1. The molecule has 1 fully saturated rings. The Labute approximate surface area is 115 Å². The van der Waals surface area contributed by atoms with E-state index in [2.05, 4.69) is 10.2 Å². The maximum absolute atomic E-state index is 12.0. The molecule has 3 N–H and O–H groups in total. The SMILES string of the molecule is C[C@@H](NC(=O)CN1CCC(N)CC1)c1ccccc1. The van der Waals surface area contributed by atoms with E-state index in [1.165, 1.54) is 0 Å². The summed E-state index contributed by atoms with van der Waals surface area (Å²) in [5.41, 5.74) is 6.99. The predicted molar refractivity (Wildman–Crippen MR) is 76.6 cm³/mol. The highest BCUT2D eigenvalue weighted by molar-refractivity contribution is 5.78. The average Bonchev–Trinajstić information content (AvgIpc) is 2.42. The lowest BCUT2D eigenvalue weighted by molar-refractivity contribution is -0.123. The maximum atomic E-state index is 12.0. The molecule has 1 aliphatic heterocycles. The Morgan fingerprint density at radius 1 is 1.37 bits per heavy atom. The molecule has 0 bridgehead atoms. The molecule has 1 heterocycles. The van der Waals surface area contributed by atoms with Crippen molar-refractivity contribution in [3.8, 4) is 0 Å². The molecule has 1 amide bonds. The van der Waals surface area contributed by atoms with E-state index in [9.17, 15) is 4.79 Å². The van der Waals surface area contributed by atoms with Crippen LogP contribution < -0.4 is 11.1 Å². The smallest absolute Gasteiger partial charge is 0.234 e. The Morgan fingerprint density at radius 3 is 2.63 bits per heavy atom. The first-order chi connectivity index (χ1) is 9.15. The van der Waals surface area contributed by atoms with Crippen LogP contribution in [0, 0.1) is 0 Å².